The first kappa shape index (κ1) is 21.8. The summed E-state index contributed by atoms with van der Waals surface area (Å²) in [6.45, 7) is 4.08. The van der Waals surface area contributed by atoms with Gasteiger partial charge in [0, 0.05) is 22.3 Å². The number of hydrogen-bond donors (Lipinski definition) is 1. The Kier molecular flexibility index (Phi) is 6.65. The average molecular weight is 495 g/mol. The van der Waals surface area contributed by atoms with E-state index in [1.807, 2.05) is 19.1 Å². The van der Waals surface area contributed by atoms with Gasteiger partial charge >= 0.3 is 0 Å². The second kappa shape index (κ2) is 8.85. The van der Waals surface area contributed by atoms with E-state index in [0.29, 0.717) is 10.6 Å². The molecule has 0 aliphatic heterocycles. The summed E-state index contributed by atoms with van der Waals surface area (Å²) < 4.78 is 28.9. The number of nitrogens with zero attached hydrogens (tertiary/aromatic N) is 1. The first-order valence-corrected chi connectivity index (χ1v) is 12.4. The number of hydrogen-bond acceptors (Lipinski definition) is 4. The molecule has 1 N–H and O–H groups in total. The van der Waals surface area contributed by atoms with E-state index in [9.17, 15) is 13.2 Å². The normalized spacial score (nSPS) is 12.7. The summed E-state index contributed by atoms with van der Waals surface area (Å²) in [5, 5.41) is 3.85. The van der Waals surface area contributed by atoms with Gasteiger partial charge in [-0.15, -0.1) is 11.3 Å². The molecule has 2 aromatic carbocycles. The van der Waals surface area contributed by atoms with Gasteiger partial charge in [0.2, 0.25) is 0 Å². The van der Waals surface area contributed by atoms with Gasteiger partial charge in [-0.25, -0.2) is 8.42 Å². The minimum absolute atomic E-state index is 0.0930. The van der Waals surface area contributed by atoms with Crippen molar-refractivity contribution >= 4 is 59.0 Å². The van der Waals surface area contributed by atoms with Crippen LogP contribution in [0.4, 0.5) is 5.69 Å². The molecule has 0 radical (unpaired) electrons. The molecule has 0 bridgehead atoms. The number of amides is 1. The molecule has 0 aliphatic rings. The molecule has 0 fully saturated rings. The van der Waals surface area contributed by atoms with Crippen LogP contribution in [0, 0.1) is 0 Å². The molecule has 29 heavy (non-hydrogen) atoms. The molecule has 3 aromatic rings. The number of fused-ring (bicyclic) bond motifs is 1. The highest BCUT2D eigenvalue weighted by Crippen LogP contribution is 2.31. The molecule has 8 heteroatoms. The summed E-state index contributed by atoms with van der Waals surface area (Å²) in [5.41, 5.74) is 0.546. The highest BCUT2D eigenvalue weighted by Gasteiger charge is 2.22. The van der Waals surface area contributed by atoms with E-state index >= 15 is 0 Å². The van der Waals surface area contributed by atoms with Gasteiger partial charge in [0.1, 0.15) is 0 Å². The van der Waals surface area contributed by atoms with Crippen LogP contribution in [0.3, 0.4) is 0 Å². The van der Waals surface area contributed by atoms with E-state index in [1.165, 1.54) is 22.7 Å². The predicted molar refractivity (Wildman–Crippen MR) is 123 cm³/mol. The van der Waals surface area contributed by atoms with E-state index in [0.717, 1.165) is 27.4 Å². The second-order valence-corrected chi connectivity index (χ2v) is 10.9. The number of anilines is 1. The molecule has 3 rings (SSSR count). The lowest BCUT2D eigenvalue weighted by atomic mass is 10.2. The molecule has 154 valence electrons. The number of thiophene rings is 1. The summed E-state index contributed by atoms with van der Waals surface area (Å²) >= 11 is 4.72. The third-order valence-corrected chi connectivity index (χ3v) is 8.10. The van der Waals surface area contributed by atoms with E-state index in [2.05, 4.69) is 28.2 Å². The van der Waals surface area contributed by atoms with E-state index in [-0.39, 0.29) is 16.8 Å². The topological polar surface area (TPSA) is 66.5 Å². The van der Waals surface area contributed by atoms with Gasteiger partial charge in [-0.1, -0.05) is 29.3 Å². The van der Waals surface area contributed by atoms with Gasteiger partial charge < -0.3 is 5.32 Å². The number of benzene rings is 2. The van der Waals surface area contributed by atoms with Crippen LogP contribution in [-0.2, 0) is 10.0 Å². The Morgan fingerprint density at radius 3 is 2.52 bits per heavy atom. The standard InChI is InChI=1S/C21H23BrN2O3S2/c1-4-5-14(2)23-21(25)20-13-15-12-17(8-11-19(15)28-20)24(3)29(26,27)18-9-6-16(22)7-10-18/h6-14H,4-5H2,1-3H3,(H,23,25)/t14-/m1/s1. The lowest BCUT2D eigenvalue weighted by Gasteiger charge is -2.19. The van der Waals surface area contributed by atoms with Crippen molar-refractivity contribution in [3.05, 3.63) is 57.9 Å². The lowest BCUT2D eigenvalue weighted by molar-refractivity contribution is 0.0942. The fraction of sp³-hybridized carbons (Fsp3) is 0.286. The monoisotopic (exact) mass is 494 g/mol. The molecule has 0 aliphatic carbocycles. The molecule has 5 nitrogen and oxygen atoms in total. The van der Waals surface area contributed by atoms with Crippen molar-refractivity contribution in [2.45, 2.75) is 37.6 Å². The van der Waals surface area contributed by atoms with Crippen molar-refractivity contribution < 1.29 is 13.2 Å². The molecule has 0 saturated heterocycles. The SMILES string of the molecule is CCC[C@@H](C)NC(=O)c1cc2cc(N(C)S(=O)(=O)c3ccc(Br)cc3)ccc2s1. The zero-order chi connectivity index (χ0) is 21.2. The Bertz CT molecular complexity index is 1120. The van der Waals surface area contributed by atoms with Gasteiger partial charge in [0.05, 0.1) is 15.5 Å². The van der Waals surface area contributed by atoms with Crippen molar-refractivity contribution in [1.82, 2.24) is 5.32 Å². The number of carbonyl (C=O) groups excluding carboxylic acids is 1. The molecule has 1 amide bonds. The number of sulfonamides is 1. The van der Waals surface area contributed by atoms with Crippen molar-refractivity contribution in [3.63, 3.8) is 0 Å². The first-order valence-electron chi connectivity index (χ1n) is 9.31. The largest absolute Gasteiger partial charge is 0.349 e. The zero-order valence-corrected chi connectivity index (χ0v) is 19.7. The molecule has 0 unspecified atom stereocenters. The molecule has 0 saturated carbocycles. The maximum absolute atomic E-state index is 12.9. The molecular weight excluding hydrogens is 472 g/mol. The Balaban J connectivity index is 1.87. The maximum Gasteiger partial charge on any atom is 0.264 e. The fourth-order valence-corrected chi connectivity index (χ4v) is 5.44. The maximum atomic E-state index is 12.9. The molecular formula is C21H23BrN2O3S2. The summed E-state index contributed by atoms with van der Waals surface area (Å²) in [6.07, 6.45) is 1.94. The van der Waals surface area contributed by atoms with Gasteiger partial charge in [0.25, 0.3) is 15.9 Å². The van der Waals surface area contributed by atoms with Crippen molar-refractivity contribution in [2.75, 3.05) is 11.4 Å². The highest BCUT2D eigenvalue weighted by atomic mass is 79.9. The third kappa shape index (κ3) is 4.82. The summed E-state index contributed by atoms with van der Waals surface area (Å²) in [5.74, 6) is -0.0930. The summed E-state index contributed by atoms with van der Waals surface area (Å²) in [7, 11) is -2.14. The molecule has 1 aromatic heterocycles. The Morgan fingerprint density at radius 2 is 1.86 bits per heavy atom. The number of carbonyl (C=O) groups is 1. The summed E-state index contributed by atoms with van der Waals surface area (Å²) in [4.78, 5) is 13.3. The number of rotatable bonds is 7. The van der Waals surface area contributed by atoms with E-state index in [4.69, 9.17) is 0 Å². The van der Waals surface area contributed by atoms with Gasteiger partial charge in [-0.3, -0.25) is 9.10 Å². The van der Waals surface area contributed by atoms with Gasteiger partial charge in [-0.05, 0) is 67.3 Å². The summed E-state index contributed by atoms with van der Waals surface area (Å²) in [6, 6.07) is 13.9. The number of halogens is 1. The lowest BCUT2D eigenvalue weighted by Crippen LogP contribution is -2.31. The smallest absolute Gasteiger partial charge is 0.264 e. The van der Waals surface area contributed by atoms with Crippen LogP contribution >= 0.6 is 27.3 Å². The van der Waals surface area contributed by atoms with Crippen LogP contribution in [0.15, 0.2) is 57.9 Å². The molecule has 1 atom stereocenters. The Morgan fingerprint density at radius 1 is 1.17 bits per heavy atom. The van der Waals surface area contributed by atoms with Crippen LogP contribution in [-0.4, -0.2) is 27.4 Å². The second-order valence-electron chi connectivity index (χ2n) is 6.92. The Labute approximate surface area is 183 Å². The fourth-order valence-electron chi connectivity index (χ4n) is 3.04. The number of nitrogens with one attached hydrogen (secondary N) is 1. The third-order valence-electron chi connectivity index (χ3n) is 4.66. The van der Waals surface area contributed by atoms with Crippen LogP contribution < -0.4 is 9.62 Å². The van der Waals surface area contributed by atoms with Crippen LogP contribution in [0.5, 0.6) is 0 Å². The minimum atomic E-state index is -3.67. The molecule has 0 spiro atoms. The van der Waals surface area contributed by atoms with E-state index in [1.54, 1.807) is 36.4 Å². The highest BCUT2D eigenvalue weighted by molar-refractivity contribution is 9.10. The van der Waals surface area contributed by atoms with Crippen molar-refractivity contribution in [2.24, 2.45) is 0 Å². The average Bonchev–Trinajstić information content (AvgIpc) is 3.11. The predicted octanol–water partition coefficient (Wildman–Crippen LogP) is 5.41. The molecule has 1 heterocycles. The van der Waals surface area contributed by atoms with Gasteiger partial charge in [0.15, 0.2) is 0 Å². The quantitative estimate of drug-likeness (QED) is 0.477. The minimum Gasteiger partial charge on any atom is -0.349 e. The van der Waals surface area contributed by atoms with Crippen molar-refractivity contribution in [3.8, 4) is 0 Å². The Hall–Kier alpha value is -1.90. The van der Waals surface area contributed by atoms with Crippen molar-refractivity contribution in [1.29, 1.82) is 0 Å². The van der Waals surface area contributed by atoms with Crippen LogP contribution in [0.25, 0.3) is 10.1 Å². The zero-order valence-electron chi connectivity index (χ0n) is 16.5. The first-order chi connectivity index (χ1) is 13.7. The van der Waals surface area contributed by atoms with E-state index < -0.39 is 10.0 Å². The van der Waals surface area contributed by atoms with Crippen LogP contribution in [0.1, 0.15) is 36.4 Å². The van der Waals surface area contributed by atoms with Gasteiger partial charge in [-0.2, -0.15) is 0 Å². The van der Waals surface area contributed by atoms with Crippen LogP contribution in [0.2, 0.25) is 0 Å².